The fourth-order valence-corrected chi connectivity index (χ4v) is 2.92. The van der Waals surface area contributed by atoms with Crippen LogP contribution >= 0.6 is 0 Å². The molecule has 15 heavy (non-hydrogen) atoms. The molecular formula is C14H19N. The fraction of sp³-hybridized carbons (Fsp3) is 0.571. The molecule has 1 heteroatoms. The highest BCUT2D eigenvalue weighted by Crippen LogP contribution is 2.42. The molecule has 0 aromatic heterocycles. The third kappa shape index (κ3) is 1.69. The topological polar surface area (TPSA) is 26.0 Å². The molecular weight excluding hydrogens is 182 g/mol. The van der Waals surface area contributed by atoms with E-state index in [-0.39, 0.29) is 0 Å². The summed E-state index contributed by atoms with van der Waals surface area (Å²) in [6.07, 6.45) is 6.69. The monoisotopic (exact) mass is 201 g/mol. The van der Waals surface area contributed by atoms with Gasteiger partial charge in [-0.2, -0.15) is 0 Å². The number of benzene rings is 1. The third-order valence-corrected chi connectivity index (χ3v) is 4.00. The second-order valence-corrected chi connectivity index (χ2v) is 5.06. The smallest absolute Gasteiger partial charge is 0.000556 e. The number of rotatable bonds is 3. The van der Waals surface area contributed by atoms with Gasteiger partial charge in [0.2, 0.25) is 0 Å². The van der Waals surface area contributed by atoms with Crippen molar-refractivity contribution in [2.75, 3.05) is 6.54 Å². The summed E-state index contributed by atoms with van der Waals surface area (Å²) in [5, 5.41) is 0. The van der Waals surface area contributed by atoms with Gasteiger partial charge in [0.1, 0.15) is 0 Å². The van der Waals surface area contributed by atoms with E-state index in [1.54, 1.807) is 11.1 Å². The van der Waals surface area contributed by atoms with Crippen molar-refractivity contribution in [3.63, 3.8) is 0 Å². The SMILES string of the molecule is NCC(c1ccc2c(c1)CCC2)C1CC1. The molecule has 1 aromatic rings. The van der Waals surface area contributed by atoms with Crippen LogP contribution in [0.25, 0.3) is 0 Å². The highest BCUT2D eigenvalue weighted by molar-refractivity contribution is 5.37. The van der Waals surface area contributed by atoms with Crippen molar-refractivity contribution in [2.45, 2.75) is 38.0 Å². The summed E-state index contributed by atoms with van der Waals surface area (Å²) in [7, 11) is 0. The first-order chi connectivity index (χ1) is 7.38. The Balaban J connectivity index is 1.90. The molecule has 2 N–H and O–H groups in total. The van der Waals surface area contributed by atoms with E-state index in [1.807, 2.05) is 0 Å². The number of hydrogen-bond donors (Lipinski definition) is 1. The number of hydrogen-bond acceptors (Lipinski definition) is 1. The van der Waals surface area contributed by atoms with E-state index < -0.39 is 0 Å². The number of aryl methyl sites for hydroxylation is 2. The molecule has 0 heterocycles. The van der Waals surface area contributed by atoms with E-state index in [2.05, 4.69) is 18.2 Å². The van der Waals surface area contributed by atoms with Crippen LogP contribution in [0.15, 0.2) is 18.2 Å². The Morgan fingerprint density at radius 1 is 1.20 bits per heavy atom. The van der Waals surface area contributed by atoms with Gasteiger partial charge in [-0.05, 0) is 67.2 Å². The van der Waals surface area contributed by atoms with Crippen LogP contribution in [0.2, 0.25) is 0 Å². The van der Waals surface area contributed by atoms with Gasteiger partial charge in [-0.1, -0.05) is 18.2 Å². The molecule has 1 unspecified atom stereocenters. The molecule has 0 bridgehead atoms. The maximum absolute atomic E-state index is 5.89. The summed E-state index contributed by atoms with van der Waals surface area (Å²) in [5.41, 5.74) is 10.6. The van der Waals surface area contributed by atoms with Crippen LogP contribution < -0.4 is 5.73 Å². The summed E-state index contributed by atoms with van der Waals surface area (Å²) in [4.78, 5) is 0. The second kappa shape index (κ2) is 3.64. The number of nitrogens with two attached hydrogens (primary N) is 1. The Kier molecular flexibility index (Phi) is 2.28. The van der Waals surface area contributed by atoms with Crippen LogP contribution in [-0.4, -0.2) is 6.54 Å². The summed E-state index contributed by atoms with van der Waals surface area (Å²) < 4.78 is 0. The van der Waals surface area contributed by atoms with Gasteiger partial charge in [0.15, 0.2) is 0 Å². The zero-order chi connectivity index (χ0) is 10.3. The normalized spacial score (nSPS) is 21.4. The largest absolute Gasteiger partial charge is 0.330 e. The highest BCUT2D eigenvalue weighted by atomic mass is 14.6. The van der Waals surface area contributed by atoms with E-state index in [1.165, 1.54) is 37.7 Å². The molecule has 0 spiro atoms. The maximum Gasteiger partial charge on any atom is -0.000556 e. The van der Waals surface area contributed by atoms with Gasteiger partial charge < -0.3 is 5.73 Å². The van der Waals surface area contributed by atoms with Gasteiger partial charge in [0.25, 0.3) is 0 Å². The van der Waals surface area contributed by atoms with E-state index in [0.29, 0.717) is 5.92 Å². The molecule has 2 aliphatic rings. The van der Waals surface area contributed by atoms with Crippen LogP contribution in [0.1, 0.15) is 41.9 Å². The van der Waals surface area contributed by atoms with Crippen molar-refractivity contribution in [3.05, 3.63) is 34.9 Å². The first-order valence-electron chi connectivity index (χ1n) is 6.20. The van der Waals surface area contributed by atoms with E-state index in [0.717, 1.165) is 12.5 Å². The minimum atomic E-state index is 0.635. The van der Waals surface area contributed by atoms with Crippen LogP contribution in [0.4, 0.5) is 0 Å². The summed E-state index contributed by atoms with van der Waals surface area (Å²) in [5.74, 6) is 1.52. The zero-order valence-corrected chi connectivity index (χ0v) is 9.21. The third-order valence-electron chi connectivity index (χ3n) is 4.00. The maximum atomic E-state index is 5.89. The summed E-state index contributed by atoms with van der Waals surface area (Å²) >= 11 is 0. The molecule has 0 amide bonds. The van der Waals surface area contributed by atoms with Crippen molar-refractivity contribution >= 4 is 0 Å². The summed E-state index contributed by atoms with van der Waals surface area (Å²) in [6.45, 7) is 0.823. The molecule has 1 aromatic carbocycles. The number of fused-ring (bicyclic) bond motifs is 1. The lowest BCUT2D eigenvalue weighted by atomic mass is 9.92. The molecule has 1 saturated carbocycles. The lowest BCUT2D eigenvalue weighted by molar-refractivity contribution is 0.615. The molecule has 0 radical (unpaired) electrons. The lowest BCUT2D eigenvalue weighted by Crippen LogP contribution is -2.14. The molecule has 80 valence electrons. The predicted molar refractivity (Wildman–Crippen MR) is 63.0 cm³/mol. The molecule has 1 fully saturated rings. The van der Waals surface area contributed by atoms with Gasteiger partial charge in [0, 0.05) is 0 Å². The Hall–Kier alpha value is -0.820. The minimum absolute atomic E-state index is 0.635. The average Bonchev–Trinajstić information content (AvgIpc) is 2.97. The van der Waals surface area contributed by atoms with Crippen LogP contribution in [0, 0.1) is 5.92 Å². The average molecular weight is 201 g/mol. The van der Waals surface area contributed by atoms with Crippen LogP contribution in [-0.2, 0) is 12.8 Å². The first-order valence-corrected chi connectivity index (χ1v) is 6.20. The molecule has 0 aliphatic heterocycles. The van der Waals surface area contributed by atoms with Crippen molar-refractivity contribution in [1.29, 1.82) is 0 Å². The quantitative estimate of drug-likeness (QED) is 0.799. The highest BCUT2D eigenvalue weighted by Gasteiger charge is 2.31. The predicted octanol–water partition coefficient (Wildman–Crippen LogP) is 2.63. The van der Waals surface area contributed by atoms with Crippen LogP contribution in [0.3, 0.4) is 0 Å². The lowest BCUT2D eigenvalue weighted by Gasteiger charge is -2.15. The van der Waals surface area contributed by atoms with Gasteiger partial charge in [-0.3, -0.25) is 0 Å². The Labute approximate surface area is 91.7 Å². The van der Waals surface area contributed by atoms with Crippen molar-refractivity contribution in [3.8, 4) is 0 Å². The molecule has 1 atom stereocenters. The molecule has 2 aliphatic carbocycles. The van der Waals surface area contributed by atoms with Crippen molar-refractivity contribution in [1.82, 2.24) is 0 Å². The van der Waals surface area contributed by atoms with E-state index in [9.17, 15) is 0 Å². The van der Waals surface area contributed by atoms with E-state index >= 15 is 0 Å². The first kappa shape index (κ1) is 9.41. The zero-order valence-electron chi connectivity index (χ0n) is 9.21. The molecule has 0 saturated heterocycles. The van der Waals surface area contributed by atoms with Gasteiger partial charge in [-0.25, -0.2) is 0 Å². The van der Waals surface area contributed by atoms with Gasteiger partial charge in [0.05, 0.1) is 0 Å². The van der Waals surface area contributed by atoms with Crippen molar-refractivity contribution in [2.24, 2.45) is 11.7 Å². The van der Waals surface area contributed by atoms with Crippen LogP contribution in [0.5, 0.6) is 0 Å². The standard InChI is InChI=1S/C14H19N/c15-9-14(11-5-6-11)13-7-4-10-2-1-3-12(10)8-13/h4,7-8,11,14H,1-3,5-6,9,15H2. The Bertz CT molecular complexity index is 366. The summed E-state index contributed by atoms with van der Waals surface area (Å²) in [6, 6.07) is 7.08. The van der Waals surface area contributed by atoms with Gasteiger partial charge >= 0.3 is 0 Å². The molecule has 1 nitrogen and oxygen atoms in total. The minimum Gasteiger partial charge on any atom is -0.330 e. The van der Waals surface area contributed by atoms with Gasteiger partial charge in [-0.15, -0.1) is 0 Å². The van der Waals surface area contributed by atoms with Crippen molar-refractivity contribution < 1.29 is 0 Å². The fourth-order valence-electron chi connectivity index (χ4n) is 2.92. The Morgan fingerprint density at radius 3 is 2.73 bits per heavy atom. The second-order valence-electron chi connectivity index (χ2n) is 5.06. The Morgan fingerprint density at radius 2 is 2.00 bits per heavy atom. The van der Waals surface area contributed by atoms with E-state index in [4.69, 9.17) is 5.73 Å². The molecule has 3 rings (SSSR count).